The van der Waals surface area contributed by atoms with E-state index in [2.05, 4.69) is 20.5 Å². The maximum absolute atomic E-state index is 12.3. The first kappa shape index (κ1) is 15.7. The quantitative estimate of drug-likeness (QED) is 0.804. The Morgan fingerprint density at radius 2 is 2.13 bits per heavy atom. The van der Waals surface area contributed by atoms with Gasteiger partial charge in [0.05, 0.1) is 18.8 Å². The van der Waals surface area contributed by atoms with E-state index < -0.39 is 6.04 Å². The van der Waals surface area contributed by atoms with Gasteiger partial charge in [-0.3, -0.25) is 14.5 Å². The zero-order valence-electron chi connectivity index (χ0n) is 13.1. The van der Waals surface area contributed by atoms with Crippen LogP contribution >= 0.6 is 0 Å². The Kier molecular flexibility index (Phi) is 5.07. The molecule has 7 nitrogen and oxygen atoms in total. The van der Waals surface area contributed by atoms with Crippen molar-refractivity contribution < 1.29 is 19.3 Å². The molecule has 0 saturated carbocycles. The summed E-state index contributed by atoms with van der Waals surface area (Å²) in [7, 11) is 0. The lowest BCUT2D eigenvalue weighted by Crippen LogP contribution is -2.45. The second-order valence-corrected chi connectivity index (χ2v) is 5.87. The van der Waals surface area contributed by atoms with Gasteiger partial charge in [-0.1, -0.05) is 0 Å². The van der Waals surface area contributed by atoms with E-state index in [4.69, 9.17) is 4.74 Å². The van der Waals surface area contributed by atoms with Gasteiger partial charge in [0.2, 0.25) is 5.91 Å². The molecule has 7 heteroatoms. The maximum Gasteiger partial charge on any atom is 0.274 e. The van der Waals surface area contributed by atoms with E-state index in [1.807, 2.05) is 6.07 Å². The van der Waals surface area contributed by atoms with Crippen LogP contribution in [0.4, 0.5) is 5.82 Å². The molecule has 2 aliphatic rings. The summed E-state index contributed by atoms with van der Waals surface area (Å²) in [6.45, 7) is 3.79. The Bertz CT molecular complexity index is 555. The predicted octanol–water partition coefficient (Wildman–Crippen LogP) is -0.264. The number of H-pyrrole nitrogens is 1. The van der Waals surface area contributed by atoms with Crippen LogP contribution in [-0.2, 0) is 9.53 Å². The zero-order chi connectivity index (χ0) is 16.1. The predicted molar refractivity (Wildman–Crippen MR) is 84.1 cm³/mol. The number of aromatic nitrogens is 1. The van der Waals surface area contributed by atoms with Gasteiger partial charge in [-0.15, -0.1) is 0 Å². The topological polar surface area (TPSA) is 84.8 Å². The molecular weight excluding hydrogens is 296 g/mol. The van der Waals surface area contributed by atoms with Gasteiger partial charge in [-0.2, -0.15) is 0 Å². The summed E-state index contributed by atoms with van der Waals surface area (Å²) in [5.74, 6) is 0.652. The molecule has 1 atom stereocenters. The molecule has 124 valence electrons. The first-order valence-electron chi connectivity index (χ1n) is 8.17. The molecule has 0 aliphatic carbocycles. The summed E-state index contributed by atoms with van der Waals surface area (Å²) in [4.78, 5) is 29.5. The molecule has 3 rings (SSSR count). The van der Waals surface area contributed by atoms with Crippen molar-refractivity contribution >= 4 is 17.6 Å². The van der Waals surface area contributed by atoms with E-state index in [9.17, 15) is 9.59 Å². The fourth-order valence-corrected chi connectivity index (χ4v) is 2.88. The molecule has 3 heterocycles. The lowest BCUT2D eigenvalue weighted by Gasteiger charge is -2.21. The van der Waals surface area contributed by atoms with Gasteiger partial charge in [-0.05, 0) is 25.3 Å². The van der Waals surface area contributed by atoms with E-state index in [1.54, 1.807) is 12.3 Å². The van der Waals surface area contributed by atoms with Crippen LogP contribution in [0.25, 0.3) is 0 Å². The summed E-state index contributed by atoms with van der Waals surface area (Å²) >= 11 is 0. The third kappa shape index (κ3) is 3.98. The first-order chi connectivity index (χ1) is 11.2. The SMILES string of the molecule is O=C(N[C@@H]1CCCCNC1=O)c1ccc(N2CCOCC2)[nH+]c1. The van der Waals surface area contributed by atoms with Crippen molar-refractivity contribution in [2.45, 2.75) is 25.3 Å². The molecule has 0 aromatic carbocycles. The van der Waals surface area contributed by atoms with Gasteiger partial charge in [0.15, 0.2) is 0 Å². The molecular formula is C16H23N4O3+. The second kappa shape index (κ2) is 7.41. The van der Waals surface area contributed by atoms with E-state index in [1.165, 1.54) is 0 Å². The van der Waals surface area contributed by atoms with Crippen LogP contribution in [0.5, 0.6) is 0 Å². The number of anilines is 1. The van der Waals surface area contributed by atoms with Crippen molar-refractivity contribution in [1.29, 1.82) is 0 Å². The molecule has 0 radical (unpaired) electrons. The molecule has 0 unspecified atom stereocenters. The lowest BCUT2D eigenvalue weighted by atomic mass is 10.1. The number of rotatable bonds is 3. The number of hydrogen-bond donors (Lipinski definition) is 2. The van der Waals surface area contributed by atoms with Gasteiger partial charge in [0, 0.05) is 12.6 Å². The van der Waals surface area contributed by atoms with Gasteiger partial charge in [-0.25, -0.2) is 4.98 Å². The Balaban J connectivity index is 1.61. The zero-order valence-corrected chi connectivity index (χ0v) is 13.1. The first-order valence-corrected chi connectivity index (χ1v) is 8.17. The van der Waals surface area contributed by atoms with E-state index >= 15 is 0 Å². The Morgan fingerprint density at radius 1 is 1.30 bits per heavy atom. The molecule has 2 fully saturated rings. The minimum Gasteiger partial charge on any atom is -0.373 e. The number of pyridine rings is 1. The monoisotopic (exact) mass is 319 g/mol. The lowest BCUT2D eigenvalue weighted by molar-refractivity contribution is -0.364. The highest BCUT2D eigenvalue weighted by atomic mass is 16.5. The van der Waals surface area contributed by atoms with Gasteiger partial charge in [0.25, 0.3) is 11.7 Å². The van der Waals surface area contributed by atoms with Crippen LogP contribution in [0, 0.1) is 0 Å². The number of nitrogens with one attached hydrogen (secondary N) is 3. The van der Waals surface area contributed by atoms with Gasteiger partial charge >= 0.3 is 0 Å². The highest BCUT2D eigenvalue weighted by Crippen LogP contribution is 2.11. The van der Waals surface area contributed by atoms with Crippen molar-refractivity contribution in [2.75, 3.05) is 37.7 Å². The third-order valence-electron chi connectivity index (χ3n) is 4.25. The smallest absolute Gasteiger partial charge is 0.274 e. The van der Waals surface area contributed by atoms with Crippen LogP contribution in [0.2, 0.25) is 0 Å². The van der Waals surface area contributed by atoms with Crippen molar-refractivity contribution in [3.8, 4) is 0 Å². The Labute approximate surface area is 135 Å². The minimum atomic E-state index is -0.441. The maximum atomic E-state index is 12.3. The van der Waals surface area contributed by atoms with Crippen molar-refractivity contribution in [1.82, 2.24) is 10.6 Å². The van der Waals surface area contributed by atoms with Crippen LogP contribution in [0.1, 0.15) is 29.6 Å². The molecule has 2 amide bonds. The molecule has 3 N–H and O–H groups in total. The Morgan fingerprint density at radius 3 is 2.87 bits per heavy atom. The molecule has 1 aromatic heterocycles. The number of ether oxygens (including phenoxy) is 1. The summed E-state index contributed by atoms with van der Waals surface area (Å²) in [6.07, 6.45) is 4.27. The molecule has 2 aliphatic heterocycles. The van der Waals surface area contributed by atoms with E-state index in [0.717, 1.165) is 31.7 Å². The molecule has 23 heavy (non-hydrogen) atoms. The highest BCUT2D eigenvalue weighted by Gasteiger charge is 2.24. The number of morpholine rings is 1. The standard InChI is InChI=1S/C16H22N4O3/c21-15(19-13-3-1-2-6-17-16(13)22)12-4-5-14(18-11-12)20-7-9-23-10-8-20/h4-5,11,13H,1-3,6-10H2,(H,17,22)(H,19,21)/p+1/t13-/m1/s1. The number of hydrogen-bond acceptors (Lipinski definition) is 4. The largest absolute Gasteiger partial charge is 0.373 e. The number of amides is 2. The van der Waals surface area contributed by atoms with Gasteiger partial charge < -0.3 is 15.4 Å². The summed E-state index contributed by atoms with van der Waals surface area (Å²) in [6, 6.07) is 3.24. The van der Waals surface area contributed by atoms with E-state index in [-0.39, 0.29) is 11.8 Å². The number of aromatic amines is 1. The molecule has 0 bridgehead atoms. The minimum absolute atomic E-state index is 0.0928. The van der Waals surface area contributed by atoms with Crippen LogP contribution in [0.15, 0.2) is 18.3 Å². The molecule has 0 spiro atoms. The van der Waals surface area contributed by atoms with Crippen molar-refractivity contribution in [2.24, 2.45) is 0 Å². The van der Waals surface area contributed by atoms with Crippen LogP contribution in [0.3, 0.4) is 0 Å². The van der Waals surface area contributed by atoms with Crippen LogP contribution < -0.4 is 20.5 Å². The summed E-state index contributed by atoms with van der Waals surface area (Å²) in [5.41, 5.74) is 0.527. The average Bonchev–Trinajstić information content (AvgIpc) is 2.80. The number of nitrogens with zero attached hydrogens (tertiary/aromatic N) is 1. The van der Waals surface area contributed by atoms with Gasteiger partial charge in [0.1, 0.15) is 25.3 Å². The fraction of sp³-hybridized carbons (Fsp3) is 0.562. The molecule has 1 aromatic rings. The van der Waals surface area contributed by atoms with Crippen LogP contribution in [-0.4, -0.2) is 50.7 Å². The number of carbonyl (C=O) groups is 2. The van der Waals surface area contributed by atoms with Crippen molar-refractivity contribution in [3.63, 3.8) is 0 Å². The Hall–Kier alpha value is -2.15. The van der Waals surface area contributed by atoms with Crippen molar-refractivity contribution in [3.05, 3.63) is 23.9 Å². The summed E-state index contributed by atoms with van der Waals surface area (Å²) in [5, 5.41) is 5.64. The normalized spacial score (nSPS) is 22.2. The highest BCUT2D eigenvalue weighted by molar-refractivity contribution is 5.97. The number of carbonyl (C=O) groups excluding carboxylic acids is 2. The molecule has 2 saturated heterocycles. The average molecular weight is 319 g/mol. The van der Waals surface area contributed by atoms with E-state index in [0.29, 0.717) is 31.7 Å². The second-order valence-electron chi connectivity index (χ2n) is 5.87. The third-order valence-corrected chi connectivity index (χ3v) is 4.25. The summed E-state index contributed by atoms with van der Waals surface area (Å²) < 4.78 is 5.33. The fourth-order valence-electron chi connectivity index (χ4n) is 2.88.